The van der Waals surface area contributed by atoms with Crippen molar-refractivity contribution < 1.29 is 19.1 Å². The molecule has 0 unspecified atom stereocenters. The Morgan fingerprint density at radius 2 is 2.08 bits per heavy atom. The van der Waals surface area contributed by atoms with E-state index in [0.29, 0.717) is 37.8 Å². The highest BCUT2D eigenvalue weighted by molar-refractivity contribution is 7.09. The summed E-state index contributed by atoms with van der Waals surface area (Å²) in [5.74, 6) is 0.984. The number of thiophene rings is 1. The summed E-state index contributed by atoms with van der Waals surface area (Å²) in [5.41, 5.74) is 0.746. The molecule has 3 heterocycles. The molecule has 0 saturated carbocycles. The van der Waals surface area contributed by atoms with Crippen LogP contribution in [0.4, 0.5) is 5.69 Å². The second-order valence-electron chi connectivity index (χ2n) is 6.51. The van der Waals surface area contributed by atoms with Gasteiger partial charge in [-0.25, -0.2) is 0 Å². The minimum atomic E-state index is -0.319. The maximum atomic E-state index is 12.7. The number of fused-ring (bicyclic) bond motifs is 1. The van der Waals surface area contributed by atoms with Crippen LogP contribution >= 0.6 is 11.3 Å². The number of hydrogen-bond donors (Lipinski definition) is 0. The second-order valence-corrected chi connectivity index (χ2v) is 7.54. The van der Waals surface area contributed by atoms with E-state index in [1.165, 1.54) is 0 Å². The van der Waals surface area contributed by atoms with Crippen molar-refractivity contribution in [3.8, 4) is 11.5 Å². The Hall–Kier alpha value is -2.54. The summed E-state index contributed by atoms with van der Waals surface area (Å²) in [6.07, 6.45) is 0.238. The third-order valence-corrected chi connectivity index (χ3v) is 5.52. The molecular weight excluding hydrogens is 352 g/mol. The number of rotatable bonds is 4. The molecule has 1 aromatic carbocycles. The van der Waals surface area contributed by atoms with Crippen LogP contribution < -0.4 is 14.4 Å². The molecule has 0 bridgehead atoms. The minimum Gasteiger partial charge on any atom is -0.486 e. The average Bonchev–Trinajstić information content (AvgIpc) is 3.30. The lowest BCUT2D eigenvalue weighted by Crippen LogP contribution is -2.34. The topological polar surface area (TPSA) is 59.1 Å². The number of benzene rings is 1. The predicted molar refractivity (Wildman–Crippen MR) is 98.7 cm³/mol. The van der Waals surface area contributed by atoms with Gasteiger partial charge in [0.25, 0.3) is 0 Å². The van der Waals surface area contributed by atoms with Gasteiger partial charge in [-0.2, -0.15) is 0 Å². The van der Waals surface area contributed by atoms with Gasteiger partial charge >= 0.3 is 0 Å². The third kappa shape index (κ3) is 3.26. The van der Waals surface area contributed by atoms with Crippen molar-refractivity contribution in [3.05, 3.63) is 40.6 Å². The van der Waals surface area contributed by atoms with Crippen LogP contribution in [-0.2, 0) is 16.1 Å². The number of amides is 2. The largest absolute Gasteiger partial charge is 0.486 e. The van der Waals surface area contributed by atoms with Crippen LogP contribution in [0.15, 0.2) is 35.7 Å². The van der Waals surface area contributed by atoms with Crippen LogP contribution in [0, 0.1) is 5.92 Å². The van der Waals surface area contributed by atoms with Gasteiger partial charge in [0.05, 0.1) is 12.5 Å². The van der Waals surface area contributed by atoms with E-state index >= 15 is 0 Å². The highest BCUT2D eigenvalue weighted by Crippen LogP contribution is 2.36. The minimum absolute atomic E-state index is 0.00629. The number of nitrogens with zero attached hydrogens (tertiary/aromatic N) is 2. The summed E-state index contributed by atoms with van der Waals surface area (Å²) in [6.45, 7) is 2.00. The molecule has 7 heteroatoms. The zero-order chi connectivity index (χ0) is 18.1. The van der Waals surface area contributed by atoms with Crippen LogP contribution in [0.5, 0.6) is 11.5 Å². The Morgan fingerprint density at radius 1 is 1.27 bits per heavy atom. The van der Waals surface area contributed by atoms with E-state index in [4.69, 9.17) is 9.47 Å². The number of carbonyl (C=O) groups excluding carboxylic acids is 2. The molecule has 6 nitrogen and oxygen atoms in total. The molecular formula is C19H20N2O4S. The van der Waals surface area contributed by atoms with Gasteiger partial charge in [-0.1, -0.05) is 6.07 Å². The van der Waals surface area contributed by atoms with Crippen molar-refractivity contribution in [2.45, 2.75) is 13.0 Å². The molecule has 1 aromatic heterocycles. The van der Waals surface area contributed by atoms with Crippen molar-refractivity contribution in [2.75, 3.05) is 31.7 Å². The van der Waals surface area contributed by atoms with Gasteiger partial charge in [0.15, 0.2) is 11.5 Å². The molecule has 0 spiro atoms. The fraction of sp³-hybridized carbons (Fsp3) is 0.368. The monoisotopic (exact) mass is 372 g/mol. The van der Waals surface area contributed by atoms with Crippen LogP contribution in [0.3, 0.4) is 0 Å². The zero-order valence-electron chi connectivity index (χ0n) is 14.5. The first-order valence-electron chi connectivity index (χ1n) is 8.59. The SMILES string of the molecule is CN(Cc1cccs1)C(=O)[C@@H]1CC(=O)N(c2ccc3c(c2)OCCO3)C1. The summed E-state index contributed by atoms with van der Waals surface area (Å²) in [7, 11) is 1.79. The van der Waals surface area contributed by atoms with Gasteiger partial charge in [-0.3, -0.25) is 9.59 Å². The Labute approximate surface area is 155 Å². The van der Waals surface area contributed by atoms with E-state index in [9.17, 15) is 9.59 Å². The van der Waals surface area contributed by atoms with Crippen LogP contribution in [-0.4, -0.2) is 43.5 Å². The molecule has 0 aliphatic carbocycles. The lowest BCUT2D eigenvalue weighted by atomic mass is 10.1. The number of anilines is 1. The number of ether oxygens (including phenoxy) is 2. The summed E-state index contributed by atoms with van der Waals surface area (Å²) >= 11 is 1.63. The maximum Gasteiger partial charge on any atom is 0.228 e. The van der Waals surface area contributed by atoms with E-state index < -0.39 is 0 Å². The normalized spacial score (nSPS) is 18.9. The van der Waals surface area contributed by atoms with Crippen molar-refractivity contribution in [1.82, 2.24) is 4.90 Å². The molecule has 2 aromatic rings. The molecule has 26 heavy (non-hydrogen) atoms. The van der Waals surface area contributed by atoms with Gasteiger partial charge < -0.3 is 19.3 Å². The quantitative estimate of drug-likeness (QED) is 0.828. The van der Waals surface area contributed by atoms with Gasteiger partial charge in [0.2, 0.25) is 11.8 Å². The van der Waals surface area contributed by atoms with E-state index in [2.05, 4.69) is 0 Å². The average molecular weight is 372 g/mol. The van der Waals surface area contributed by atoms with E-state index in [-0.39, 0.29) is 24.2 Å². The fourth-order valence-electron chi connectivity index (χ4n) is 3.35. The lowest BCUT2D eigenvalue weighted by molar-refractivity contribution is -0.135. The Bertz CT molecular complexity index is 821. The molecule has 2 amide bonds. The molecule has 2 aliphatic heterocycles. The Morgan fingerprint density at radius 3 is 2.85 bits per heavy atom. The number of carbonyl (C=O) groups is 2. The van der Waals surface area contributed by atoms with Gasteiger partial charge in [0, 0.05) is 36.6 Å². The highest BCUT2D eigenvalue weighted by Gasteiger charge is 2.37. The molecule has 0 radical (unpaired) electrons. The molecule has 1 saturated heterocycles. The van der Waals surface area contributed by atoms with Crippen LogP contribution in [0.2, 0.25) is 0 Å². The van der Waals surface area contributed by atoms with E-state index in [1.54, 1.807) is 28.2 Å². The Balaban J connectivity index is 1.45. The van der Waals surface area contributed by atoms with E-state index in [0.717, 1.165) is 10.6 Å². The lowest BCUT2D eigenvalue weighted by Gasteiger charge is -2.23. The fourth-order valence-corrected chi connectivity index (χ4v) is 4.11. The summed E-state index contributed by atoms with van der Waals surface area (Å²) in [6, 6.07) is 9.45. The van der Waals surface area contributed by atoms with Crippen LogP contribution in [0.25, 0.3) is 0 Å². The standard InChI is InChI=1S/C19H20N2O4S/c1-20(12-15-3-2-8-26-15)19(23)13-9-18(22)21(11-13)14-4-5-16-17(10-14)25-7-6-24-16/h2-5,8,10,13H,6-7,9,11-12H2,1H3/t13-/m1/s1. The molecule has 0 N–H and O–H groups in total. The first-order valence-corrected chi connectivity index (χ1v) is 9.47. The molecule has 136 valence electrons. The summed E-state index contributed by atoms with van der Waals surface area (Å²) < 4.78 is 11.1. The van der Waals surface area contributed by atoms with Gasteiger partial charge in [-0.15, -0.1) is 11.3 Å². The smallest absolute Gasteiger partial charge is 0.228 e. The molecule has 1 atom stereocenters. The number of hydrogen-bond acceptors (Lipinski definition) is 5. The molecule has 1 fully saturated rings. The first kappa shape index (κ1) is 16.9. The van der Waals surface area contributed by atoms with E-state index in [1.807, 2.05) is 35.7 Å². The van der Waals surface area contributed by atoms with Gasteiger partial charge in [0.1, 0.15) is 13.2 Å². The molecule has 2 aliphatic rings. The predicted octanol–water partition coefficient (Wildman–Crippen LogP) is 2.53. The second kappa shape index (κ2) is 6.99. The van der Waals surface area contributed by atoms with Gasteiger partial charge in [-0.05, 0) is 23.6 Å². The highest BCUT2D eigenvalue weighted by atomic mass is 32.1. The van der Waals surface area contributed by atoms with Crippen LogP contribution in [0.1, 0.15) is 11.3 Å². The summed E-state index contributed by atoms with van der Waals surface area (Å²) in [4.78, 5) is 29.7. The van der Waals surface area contributed by atoms with Crippen molar-refractivity contribution in [2.24, 2.45) is 5.92 Å². The van der Waals surface area contributed by atoms with Crippen molar-refractivity contribution >= 4 is 28.8 Å². The Kier molecular flexibility index (Phi) is 4.55. The van der Waals surface area contributed by atoms with Crippen molar-refractivity contribution in [3.63, 3.8) is 0 Å². The van der Waals surface area contributed by atoms with Crippen molar-refractivity contribution in [1.29, 1.82) is 0 Å². The zero-order valence-corrected chi connectivity index (χ0v) is 15.3. The third-order valence-electron chi connectivity index (χ3n) is 4.66. The summed E-state index contributed by atoms with van der Waals surface area (Å²) in [5, 5.41) is 2.00. The molecule has 4 rings (SSSR count). The first-order chi connectivity index (χ1) is 12.6. The maximum absolute atomic E-state index is 12.7.